The fourth-order valence-electron chi connectivity index (χ4n) is 1.33. The van der Waals surface area contributed by atoms with Gasteiger partial charge in [-0.15, -0.1) is 0 Å². The molecule has 0 radical (unpaired) electrons. The maximum Gasteiger partial charge on any atom is 0.234 e. The molecule has 0 aromatic heterocycles. The molecule has 0 aliphatic rings. The molecular formula is C11H15BrF2N2O2S. The summed E-state index contributed by atoms with van der Waals surface area (Å²) in [6.07, 6.45) is 0.889. The zero-order valence-corrected chi connectivity index (χ0v) is 12.7. The average molecular weight is 357 g/mol. The third-order valence-corrected chi connectivity index (χ3v) is 4.13. The van der Waals surface area contributed by atoms with Gasteiger partial charge in [-0.2, -0.15) is 0 Å². The number of hydrogen-bond acceptors (Lipinski definition) is 3. The lowest BCUT2D eigenvalue weighted by molar-refractivity contribution is 0.589. The zero-order valence-electron chi connectivity index (χ0n) is 10.3. The standard InChI is InChI=1S/C11H15BrF2N2O2S/c1-2-3-15-4-5-19(17,18)16-11-7-9(13)8(12)6-10(11)14/h6-7,15-16H,2-5H2,1H3. The molecule has 1 aromatic carbocycles. The third kappa shape index (κ3) is 5.42. The molecule has 0 aliphatic heterocycles. The summed E-state index contributed by atoms with van der Waals surface area (Å²) in [6, 6.07) is 1.68. The Bertz CT molecular complexity index is 538. The van der Waals surface area contributed by atoms with Gasteiger partial charge in [0.15, 0.2) is 0 Å². The van der Waals surface area contributed by atoms with Crippen molar-refractivity contribution in [3.8, 4) is 0 Å². The number of rotatable bonds is 7. The van der Waals surface area contributed by atoms with E-state index in [-0.39, 0.29) is 16.8 Å². The minimum Gasteiger partial charge on any atom is -0.316 e. The van der Waals surface area contributed by atoms with Gasteiger partial charge in [0.25, 0.3) is 0 Å². The predicted molar refractivity (Wildman–Crippen MR) is 74.6 cm³/mol. The van der Waals surface area contributed by atoms with E-state index in [1.165, 1.54) is 0 Å². The van der Waals surface area contributed by atoms with Gasteiger partial charge < -0.3 is 5.32 Å². The molecule has 0 heterocycles. The van der Waals surface area contributed by atoms with E-state index in [4.69, 9.17) is 0 Å². The van der Waals surface area contributed by atoms with Crippen LogP contribution in [0.2, 0.25) is 0 Å². The largest absolute Gasteiger partial charge is 0.316 e. The Balaban J connectivity index is 2.70. The summed E-state index contributed by atoms with van der Waals surface area (Å²) in [5.74, 6) is -1.77. The summed E-state index contributed by atoms with van der Waals surface area (Å²) >= 11 is 2.82. The van der Waals surface area contributed by atoms with Crippen molar-refractivity contribution in [3.63, 3.8) is 0 Å². The maximum absolute atomic E-state index is 13.5. The topological polar surface area (TPSA) is 58.2 Å². The zero-order chi connectivity index (χ0) is 14.5. The molecule has 19 heavy (non-hydrogen) atoms. The van der Waals surface area contributed by atoms with Crippen molar-refractivity contribution in [1.82, 2.24) is 5.32 Å². The maximum atomic E-state index is 13.5. The molecule has 8 heteroatoms. The summed E-state index contributed by atoms with van der Waals surface area (Å²) in [5, 5.41) is 2.92. The molecule has 0 aliphatic carbocycles. The second-order valence-electron chi connectivity index (χ2n) is 3.92. The molecule has 0 amide bonds. The third-order valence-electron chi connectivity index (χ3n) is 2.25. The van der Waals surface area contributed by atoms with Gasteiger partial charge in [-0.05, 0) is 35.0 Å². The Morgan fingerprint density at radius 1 is 1.21 bits per heavy atom. The van der Waals surface area contributed by atoms with Crippen LogP contribution in [0.25, 0.3) is 0 Å². The first-order valence-electron chi connectivity index (χ1n) is 5.71. The SMILES string of the molecule is CCCNCCS(=O)(=O)Nc1cc(F)c(Br)cc1F. The van der Waals surface area contributed by atoms with E-state index in [0.29, 0.717) is 6.54 Å². The van der Waals surface area contributed by atoms with Crippen LogP contribution in [0, 0.1) is 11.6 Å². The van der Waals surface area contributed by atoms with Crippen LogP contribution >= 0.6 is 15.9 Å². The molecule has 0 saturated carbocycles. The van der Waals surface area contributed by atoms with Gasteiger partial charge in [0, 0.05) is 12.6 Å². The Hall–Kier alpha value is -0.730. The second kappa shape index (κ2) is 7.16. The number of nitrogens with one attached hydrogen (secondary N) is 2. The van der Waals surface area contributed by atoms with Crippen LogP contribution in [0.15, 0.2) is 16.6 Å². The first-order valence-corrected chi connectivity index (χ1v) is 8.16. The molecule has 0 unspecified atom stereocenters. The number of benzene rings is 1. The highest BCUT2D eigenvalue weighted by Crippen LogP contribution is 2.24. The second-order valence-corrected chi connectivity index (χ2v) is 6.61. The molecular weight excluding hydrogens is 342 g/mol. The van der Waals surface area contributed by atoms with Gasteiger partial charge in [-0.3, -0.25) is 4.72 Å². The summed E-state index contributed by atoms with van der Waals surface area (Å²) in [7, 11) is -3.70. The quantitative estimate of drug-likeness (QED) is 0.582. The number of halogens is 3. The lowest BCUT2D eigenvalue weighted by Gasteiger charge is -2.10. The molecule has 0 fully saturated rings. The van der Waals surface area contributed by atoms with Crippen LogP contribution in [0.5, 0.6) is 0 Å². The van der Waals surface area contributed by atoms with Crippen molar-refractivity contribution >= 4 is 31.6 Å². The molecule has 2 N–H and O–H groups in total. The Morgan fingerprint density at radius 3 is 2.53 bits per heavy atom. The van der Waals surface area contributed by atoms with Crippen molar-refractivity contribution in [2.45, 2.75) is 13.3 Å². The first kappa shape index (κ1) is 16.3. The highest BCUT2D eigenvalue weighted by molar-refractivity contribution is 9.10. The fourth-order valence-corrected chi connectivity index (χ4v) is 2.65. The summed E-state index contributed by atoms with van der Waals surface area (Å²) in [5.41, 5.74) is -0.392. The molecule has 1 aromatic rings. The molecule has 108 valence electrons. The first-order chi connectivity index (χ1) is 8.85. The van der Waals surface area contributed by atoms with E-state index in [2.05, 4.69) is 21.2 Å². The van der Waals surface area contributed by atoms with Crippen LogP contribution in [-0.2, 0) is 10.0 Å². The van der Waals surface area contributed by atoms with E-state index in [0.717, 1.165) is 18.6 Å². The summed E-state index contributed by atoms with van der Waals surface area (Å²) in [4.78, 5) is 0. The van der Waals surface area contributed by atoms with Crippen molar-refractivity contribution in [3.05, 3.63) is 28.2 Å². The minimum atomic E-state index is -3.70. The van der Waals surface area contributed by atoms with E-state index in [1.54, 1.807) is 0 Å². The Morgan fingerprint density at radius 2 is 1.89 bits per heavy atom. The predicted octanol–water partition coefficient (Wildman–Crippen LogP) is 2.47. The number of anilines is 1. The Kier molecular flexibility index (Phi) is 6.15. The van der Waals surface area contributed by atoms with Gasteiger partial charge in [0.2, 0.25) is 10.0 Å². The molecule has 0 saturated heterocycles. The van der Waals surface area contributed by atoms with Crippen LogP contribution in [0.3, 0.4) is 0 Å². The van der Waals surface area contributed by atoms with Crippen molar-refractivity contribution < 1.29 is 17.2 Å². The van der Waals surface area contributed by atoms with Gasteiger partial charge in [0.1, 0.15) is 11.6 Å². The van der Waals surface area contributed by atoms with E-state index in [9.17, 15) is 17.2 Å². The average Bonchev–Trinajstić information content (AvgIpc) is 2.31. The van der Waals surface area contributed by atoms with Gasteiger partial charge in [0.05, 0.1) is 15.9 Å². The van der Waals surface area contributed by atoms with Crippen molar-refractivity contribution in [2.75, 3.05) is 23.6 Å². The van der Waals surface area contributed by atoms with Gasteiger partial charge in [-0.1, -0.05) is 6.92 Å². The lowest BCUT2D eigenvalue weighted by atomic mass is 10.3. The van der Waals surface area contributed by atoms with Crippen LogP contribution in [-0.4, -0.2) is 27.3 Å². The molecule has 0 spiro atoms. The monoisotopic (exact) mass is 356 g/mol. The summed E-state index contributed by atoms with van der Waals surface area (Å²) in [6.45, 7) is 2.92. The molecule has 4 nitrogen and oxygen atoms in total. The van der Waals surface area contributed by atoms with Crippen LogP contribution in [0.1, 0.15) is 13.3 Å². The van der Waals surface area contributed by atoms with Crippen molar-refractivity contribution in [2.24, 2.45) is 0 Å². The lowest BCUT2D eigenvalue weighted by Crippen LogP contribution is -2.27. The smallest absolute Gasteiger partial charge is 0.234 e. The molecule has 0 atom stereocenters. The van der Waals surface area contributed by atoms with Crippen LogP contribution in [0.4, 0.5) is 14.5 Å². The van der Waals surface area contributed by atoms with Gasteiger partial charge >= 0.3 is 0 Å². The number of sulfonamides is 1. The minimum absolute atomic E-state index is 0.0578. The normalized spacial score (nSPS) is 11.6. The highest BCUT2D eigenvalue weighted by Gasteiger charge is 2.15. The van der Waals surface area contributed by atoms with Crippen LogP contribution < -0.4 is 10.0 Å². The van der Waals surface area contributed by atoms with Crippen molar-refractivity contribution in [1.29, 1.82) is 0 Å². The van der Waals surface area contributed by atoms with Gasteiger partial charge in [-0.25, -0.2) is 17.2 Å². The number of hydrogen-bond donors (Lipinski definition) is 2. The highest BCUT2D eigenvalue weighted by atomic mass is 79.9. The molecule has 1 rings (SSSR count). The fraction of sp³-hybridized carbons (Fsp3) is 0.455. The van der Waals surface area contributed by atoms with E-state index >= 15 is 0 Å². The van der Waals surface area contributed by atoms with E-state index < -0.39 is 27.3 Å². The summed E-state index contributed by atoms with van der Waals surface area (Å²) < 4.78 is 52.0. The molecule has 0 bridgehead atoms. The van der Waals surface area contributed by atoms with E-state index in [1.807, 2.05) is 11.6 Å². The Labute approximate surface area is 119 Å².